The van der Waals surface area contributed by atoms with Crippen LogP contribution in [0.25, 0.3) is 11.3 Å². The first kappa shape index (κ1) is 25.3. The summed E-state index contributed by atoms with van der Waals surface area (Å²) in [6.07, 6.45) is -0.142. The molecule has 36 heavy (non-hydrogen) atoms. The Morgan fingerprint density at radius 1 is 1.11 bits per heavy atom. The Labute approximate surface area is 209 Å². The molecule has 0 saturated carbocycles. The lowest BCUT2D eigenvalue weighted by atomic mass is 10.0. The molecule has 9 heteroatoms. The number of ether oxygens (including phenoxy) is 2. The molecule has 4 N–H and O–H groups in total. The van der Waals surface area contributed by atoms with Gasteiger partial charge in [-0.1, -0.05) is 60.7 Å². The van der Waals surface area contributed by atoms with Gasteiger partial charge in [-0.05, 0) is 29.7 Å². The first-order chi connectivity index (χ1) is 17.5. The first-order valence-electron chi connectivity index (χ1n) is 11.8. The van der Waals surface area contributed by atoms with E-state index in [-0.39, 0.29) is 19.7 Å². The molecule has 1 saturated heterocycles. The Balaban J connectivity index is 1.42. The zero-order chi connectivity index (χ0) is 25.3. The number of benzene rings is 2. The molecule has 0 spiro atoms. The van der Waals surface area contributed by atoms with Crippen molar-refractivity contribution in [2.75, 3.05) is 13.2 Å². The Morgan fingerprint density at radius 3 is 2.53 bits per heavy atom. The van der Waals surface area contributed by atoms with Crippen molar-refractivity contribution in [3.05, 3.63) is 90.1 Å². The maximum absolute atomic E-state index is 12.5. The molecule has 1 aliphatic rings. The maximum atomic E-state index is 12.5. The second-order valence-electron chi connectivity index (χ2n) is 8.68. The monoisotopic (exact) mass is 490 g/mol. The molecule has 1 aliphatic heterocycles. The van der Waals surface area contributed by atoms with E-state index in [1.165, 1.54) is 5.01 Å². The van der Waals surface area contributed by atoms with E-state index in [0.29, 0.717) is 12.8 Å². The molecule has 3 aromatic rings. The molecule has 1 fully saturated rings. The largest absolute Gasteiger partial charge is 0.463 e. The van der Waals surface area contributed by atoms with Gasteiger partial charge >= 0.3 is 12.1 Å². The number of amides is 1. The van der Waals surface area contributed by atoms with Crippen molar-refractivity contribution in [1.29, 1.82) is 0 Å². The number of esters is 1. The summed E-state index contributed by atoms with van der Waals surface area (Å²) in [6.45, 7) is 0.554. The number of aliphatic hydroxyl groups excluding tert-OH is 1. The second kappa shape index (κ2) is 12.3. The van der Waals surface area contributed by atoms with E-state index in [9.17, 15) is 14.7 Å². The van der Waals surface area contributed by atoms with E-state index in [2.05, 4.69) is 10.4 Å². The summed E-state index contributed by atoms with van der Waals surface area (Å²) in [5, 5.41) is 12.4. The molecule has 9 nitrogen and oxygen atoms in total. The minimum absolute atomic E-state index is 0.0558. The number of pyridine rings is 1. The van der Waals surface area contributed by atoms with Crippen LogP contribution in [0.2, 0.25) is 0 Å². The van der Waals surface area contributed by atoms with Gasteiger partial charge in [-0.2, -0.15) is 0 Å². The lowest BCUT2D eigenvalue weighted by Crippen LogP contribution is -2.51. The lowest BCUT2D eigenvalue weighted by molar-refractivity contribution is -0.144. The lowest BCUT2D eigenvalue weighted by Gasteiger charge is -2.28. The van der Waals surface area contributed by atoms with Gasteiger partial charge in [0.1, 0.15) is 0 Å². The molecule has 188 valence electrons. The number of aliphatic hydroxyl groups is 1. The molecule has 2 aromatic carbocycles. The third kappa shape index (κ3) is 7.11. The van der Waals surface area contributed by atoms with Gasteiger partial charge in [-0.3, -0.25) is 10.4 Å². The van der Waals surface area contributed by atoms with E-state index >= 15 is 0 Å². The zero-order valence-corrected chi connectivity index (χ0v) is 19.8. The SMILES string of the molecule is N[C@H](Cc1ccccc1)[C@@H](O)CN(Cc1ccc(-c2ccccn2)cc1)NC(=O)O[C@H]1CCOC1=O. The number of carbonyl (C=O) groups is 2. The van der Waals surface area contributed by atoms with Crippen molar-refractivity contribution in [2.45, 2.75) is 37.6 Å². The summed E-state index contributed by atoms with van der Waals surface area (Å²) in [5.41, 5.74) is 12.6. The van der Waals surface area contributed by atoms with Crippen LogP contribution in [0.15, 0.2) is 79.0 Å². The molecule has 2 heterocycles. The summed E-state index contributed by atoms with van der Waals surface area (Å²) in [4.78, 5) is 28.6. The van der Waals surface area contributed by atoms with E-state index < -0.39 is 30.3 Å². The number of aromatic nitrogens is 1. The van der Waals surface area contributed by atoms with Crippen molar-refractivity contribution in [3.8, 4) is 11.3 Å². The van der Waals surface area contributed by atoms with Gasteiger partial charge in [-0.25, -0.2) is 14.6 Å². The van der Waals surface area contributed by atoms with Crippen molar-refractivity contribution in [1.82, 2.24) is 15.4 Å². The highest BCUT2D eigenvalue weighted by Gasteiger charge is 2.31. The van der Waals surface area contributed by atoms with Crippen LogP contribution in [-0.2, 0) is 27.2 Å². The number of hydrazine groups is 1. The maximum Gasteiger partial charge on any atom is 0.422 e. The van der Waals surface area contributed by atoms with Crippen molar-refractivity contribution < 1.29 is 24.2 Å². The van der Waals surface area contributed by atoms with Crippen LogP contribution in [0.5, 0.6) is 0 Å². The van der Waals surface area contributed by atoms with Crippen LogP contribution < -0.4 is 11.2 Å². The molecule has 1 amide bonds. The Kier molecular flexibility index (Phi) is 8.62. The molecule has 0 bridgehead atoms. The molecule has 0 aliphatic carbocycles. The molecule has 0 unspecified atom stereocenters. The topological polar surface area (TPSA) is 127 Å². The number of cyclic esters (lactones) is 1. The fraction of sp³-hybridized carbons (Fsp3) is 0.296. The van der Waals surface area contributed by atoms with Gasteiger partial charge in [0.05, 0.1) is 18.4 Å². The smallest absolute Gasteiger partial charge is 0.422 e. The summed E-state index contributed by atoms with van der Waals surface area (Å²) >= 11 is 0. The van der Waals surface area contributed by atoms with Crippen LogP contribution >= 0.6 is 0 Å². The number of nitrogens with one attached hydrogen (secondary N) is 1. The fourth-order valence-electron chi connectivity index (χ4n) is 3.94. The summed E-state index contributed by atoms with van der Waals surface area (Å²) in [6, 6.07) is 22.6. The van der Waals surface area contributed by atoms with Crippen molar-refractivity contribution in [3.63, 3.8) is 0 Å². The van der Waals surface area contributed by atoms with Crippen molar-refractivity contribution >= 4 is 12.1 Å². The van der Waals surface area contributed by atoms with Crippen LogP contribution in [0.3, 0.4) is 0 Å². The van der Waals surface area contributed by atoms with E-state index in [1.807, 2.05) is 72.8 Å². The number of rotatable bonds is 10. The minimum atomic E-state index is -0.935. The fourth-order valence-corrected chi connectivity index (χ4v) is 3.94. The molecule has 0 radical (unpaired) electrons. The van der Waals surface area contributed by atoms with E-state index in [1.54, 1.807) is 6.20 Å². The predicted octanol–water partition coefficient (Wildman–Crippen LogP) is 2.44. The van der Waals surface area contributed by atoms with E-state index in [0.717, 1.165) is 22.4 Å². The molecule has 3 atom stereocenters. The highest BCUT2D eigenvalue weighted by molar-refractivity contribution is 5.80. The average molecular weight is 491 g/mol. The van der Waals surface area contributed by atoms with Gasteiger partial charge in [0.2, 0.25) is 6.10 Å². The number of nitrogens with zero attached hydrogens (tertiary/aromatic N) is 2. The number of carbonyl (C=O) groups excluding carboxylic acids is 2. The standard InChI is InChI=1S/C27H30N4O5/c28-22(16-19-6-2-1-3-7-19)24(32)18-31(30-27(34)36-25-13-15-35-26(25)33)17-20-9-11-21(12-10-20)23-8-4-5-14-29-23/h1-12,14,22,24-25,32H,13,15-18,28H2,(H,30,34)/t22-,24+,25+/m1/s1. The summed E-state index contributed by atoms with van der Waals surface area (Å²) in [5.74, 6) is -0.563. The van der Waals surface area contributed by atoms with Gasteiger partial charge in [0.15, 0.2) is 0 Å². The van der Waals surface area contributed by atoms with Crippen molar-refractivity contribution in [2.24, 2.45) is 5.73 Å². The highest BCUT2D eigenvalue weighted by atomic mass is 16.6. The average Bonchev–Trinajstić information content (AvgIpc) is 3.29. The first-order valence-corrected chi connectivity index (χ1v) is 11.8. The third-order valence-electron chi connectivity index (χ3n) is 5.89. The van der Waals surface area contributed by atoms with Crippen LogP contribution in [-0.4, -0.2) is 58.6 Å². The van der Waals surface area contributed by atoms with Crippen LogP contribution in [0.4, 0.5) is 4.79 Å². The van der Waals surface area contributed by atoms with Crippen LogP contribution in [0, 0.1) is 0 Å². The Hall–Kier alpha value is -3.79. The minimum Gasteiger partial charge on any atom is -0.463 e. The zero-order valence-electron chi connectivity index (χ0n) is 19.8. The quantitative estimate of drug-likeness (QED) is 0.292. The highest BCUT2D eigenvalue weighted by Crippen LogP contribution is 2.18. The molecular weight excluding hydrogens is 460 g/mol. The van der Waals surface area contributed by atoms with Gasteiger partial charge in [0, 0.05) is 37.3 Å². The Morgan fingerprint density at radius 2 is 1.86 bits per heavy atom. The molecular formula is C27H30N4O5. The van der Waals surface area contributed by atoms with Gasteiger partial charge in [-0.15, -0.1) is 0 Å². The number of hydrogen-bond donors (Lipinski definition) is 3. The second-order valence-corrected chi connectivity index (χ2v) is 8.68. The van der Waals surface area contributed by atoms with Gasteiger partial charge < -0.3 is 20.3 Å². The third-order valence-corrected chi connectivity index (χ3v) is 5.89. The predicted molar refractivity (Wildman–Crippen MR) is 133 cm³/mol. The van der Waals surface area contributed by atoms with Gasteiger partial charge in [0.25, 0.3) is 0 Å². The molecule has 1 aromatic heterocycles. The normalized spacial score (nSPS) is 16.9. The summed E-state index contributed by atoms with van der Waals surface area (Å²) < 4.78 is 10.1. The van der Waals surface area contributed by atoms with Crippen LogP contribution in [0.1, 0.15) is 17.5 Å². The summed E-state index contributed by atoms with van der Waals surface area (Å²) in [7, 11) is 0. The molecule has 4 rings (SSSR count). The number of nitrogens with two attached hydrogens (primary N) is 1. The Bertz CT molecular complexity index is 1130. The van der Waals surface area contributed by atoms with E-state index in [4.69, 9.17) is 15.2 Å². The number of hydrogen-bond acceptors (Lipinski definition) is 8.